The molecule has 9 heteroatoms. The van der Waals surface area contributed by atoms with E-state index in [0.29, 0.717) is 25.6 Å². The number of thioether (sulfide) groups is 1. The number of nitrogens with one attached hydrogen (secondary N) is 1. The Hall–Kier alpha value is -0.0500. The van der Waals surface area contributed by atoms with E-state index in [1.807, 2.05) is 38.0 Å². The topological polar surface area (TPSA) is 54.5 Å². The molecular formula is C15H27Cl2N3O2S2. The summed E-state index contributed by atoms with van der Waals surface area (Å²) in [6.07, 6.45) is 0.587. The van der Waals surface area contributed by atoms with Crippen LogP contribution in [0.15, 0.2) is 5.38 Å². The van der Waals surface area contributed by atoms with Crippen molar-refractivity contribution in [2.75, 3.05) is 31.7 Å². The van der Waals surface area contributed by atoms with Crippen molar-refractivity contribution >= 4 is 53.8 Å². The average molecular weight is 416 g/mol. The van der Waals surface area contributed by atoms with Crippen LogP contribution >= 0.6 is 47.9 Å². The fraction of sp³-hybridized carbons (Fsp3) is 0.733. The van der Waals surface area contributed by atoms with Crippen molar-refractivity contribution in [3.8, 4) is 0 Å². The van der Waals surface area contributed by atoms with Crippen LogP contribution in [0.25, 0.3) is 0 Å². The monoisotopic (exact) mass is 415 g/mol. The number of carbonyl (C=O) groups excluding carboxylic acids is 1. The molecule has 1 N–H and O–H groups in total. The number of hydrogen-bond donors (Lipinski definition) is 1. The minimum atomic E-state index is 0. The van der Waals surface area contributed by atoms with E-state index >= 15 is 0 Å². The Kier molecular flexibility index (Phi) is 12.3. The third kappa shape index (κ3) is 7.45. The summed E-state index contributed by atoms with van der Waals surface area (Å²) >= 11 is 3.51. The van der Waals surface area contributed by atoms with E-state index < -0.39 is 0 Å². The van der Waals surface area contributed by atoms with Crippen molar-refractivity contribution in [2.24, 2.45) is 0 Å². The zero-order chi connectivity index (χ0) is 15.9. The van der Waals surface area contributed by atoms with Gasteiger partial charge in [0.15, 0.2) is 0 Å². The number of hydrogen-bond acceptors (Lipinski definition) is 6. The summed E-state index contributed by atoms with van der Waals surface area (Å²) < 4.78 is 5.55. The molecule has 2 heterocycles. The summed E-state index contributed by atoms with van der Waals surface area (Å²) in [6.45, 7) is 6.23. The van der Waals surface area contributed by atoms with Crippen LogP contribution < -0.4 is 5.32 Å². The third-order valence-corrected chi connectivity index (χ3v) is 5.76. The number of halogens is 2. The highest BCUT2D eigenvalue weighted by molar-refractivity contribution is 7.99. The van der Waals surface area contributed by atoms with E-state index in [-0.39, 0.29) is 36.8 Å². The van der Waals surface area contributed by atoms with Gasteiger partial charge in [0, 0.05) is 49.5 Å². The molecule has 1 aromatic rings. The SMILES string of the molecule is CCOC(C)c1nc(CN(C)C(=O)CC2CSCCN2)cs1.Cl.Cl. The van der Waals surface area contributed by atoms with Gasteiger partial charge in [0.1, 0.15) is 11.1 Å². The zero-order valence-corrected chi connectivity index (χ0v) is 17.6. The second-order valence-corrected chi connectivity index (χ2v) is 7.49. The Bertz CT molecular complexity index is 485. The fourth-order valence-electron chi connectivity index (χ4n) is 2.35. The first-order valence-corrected chi connectivity index (χ1v) is 9.74. The highest BCUT2D eigenvalue weighted by Gasteiger charge is 2.20. The highest BCUT2D eigenvalue weighted by Crippen LogP contribution is 2.21. The van der Waals surface area contributed by atoms with E-state index in [4.69, 9.17) is 4.74 Å². The van der Waals surface area contributed by atoms with Crippen LogP contribution in [0.5, 0.6) is 0 Å². The van der Waals surface area contributed by atoms with Crippen LogP contribution in [0.1, 0.15) is 37.1 Å². The predicted octanol–water partition coefficient (Wildman–Crippen LogP) is 3.14. The Morgan fingerprint density at radius 1 is 1.54 bits per heavy atom. The fourth-order valence-corrected chi connectivity index (χ4v) is 4.11. The van der Waals surface area contributed by atoms with E-state index in [9.17, 15) is 4.79 Å². The molecule has 1 fully saturated rings. The molecule has 0 spiro atoms. The molecule has 140 valence electrons. The lowest BCUT2D eigenvalue weighted by Crippen LogP contribution is -2.41. The van der Waals surface area contributed by atoms with E-state index in [1.165, 1.54) is 0 Å². The molecule has 1 saturated heterocycles. The van der Waals surface area contributed by atoms with Gasteiger partial charge >= 0.3 is 0 Å². The van der Waals surface area contributed by atoms with E-state index in [2.05, 4.69) is 10.3 Å². The van der Waals surface area contributed by atoms with Crippen molar-refractivity contribution in [1.82, 2.24) is 15.2 Å². The third-order valence-electron chi connectivity index (χ3n) is 3.58. The largest absolute Gasteiger partial charge is 0.372 e. The van der Waals surface area contributed by atoms with Crippen LogP contribution in [-0.2, 0) is 16.1 Å². The average Bonchev–Trinajstić information content (AvgIpc) is 2.97. The first-order valence-electron chi connectivity index (χ1n) is 7.71. The lowest BCUT2D eigenvalue weighted by molar-refractivity contribution is -0.130. The number of aromatic nitrogens is 1. The van der Waals surface area contributed by atoms with Crippen LogP contribution in [-0.4, -0.2) is 53.5 Å². The minimum absolute atomic E-state index is 0. The molecule has 0 aromatic carbocycles. The van der Waals surface area contributed by atoms with Gasteiger partial charge in [-0.25, -0.2) is 4.98 Å². The molecule has 0 aliphatic carbocycles. The maximum atomic E-state index is 12.3. The Balaban J connectivity index is 0.00000264. The summed E-state index contributed by atoms with van der Waals surface area (Å²) in [6, 6.07) is 0.303. The molecule has 2 atom stereocenters. The van der Waals surface area contributed by atoms with Crippen LogP contribution in [0, 0.1) is 0 Å². The maximum absolute atomic E-state index is 12.3. The molecule has 5 nitrogen and oxygen atoms in total. The predicted molar refractivity (Wildman–Crippen MR) is 107 cm³/mol. The number of nitrogens with zero attached hydrogens (tertiary/aromatic N) is 2. The molecule has 1 amide bonds. The van der Waals surface area contributed by atoms with Crippen molar-refractivity contribution in [3.05, 3.63) is 16.1 Å². The van der Waals surface area contributed by atoms with Gasteiger partial charge in [0.25, 0.3) is 0 Å². The van der Waals surface area contributed by atoms with Gasteiger partial charge in [-0.3, -0.25) is 4.79 Å². The molecular weight excluding hydrogens is 389 g/mol. The first-order chi connectivity index (χ1) is 10.6. The zero-order valence-electron chi connectivity index (χ0n) is 14.3. The Labute approximate surface area is 165 Å². The summed E-state index contributed by atoms with van der Waals surface area (Å²) in [4.78, 5) is 18.6. The smallest absolute Gasteiger partial charge is 0.224 e. The van der Waals surface area contributed by atoms with Crippen LogP contribution in [0.3, 0.4) is 0 Å². The van der Waals surface area contributed by atoms with E-state index in [0.717, 1.165) is 28.8 Å². The normalized spacial score (nSPS) is 18.2. The standard InChI is InChI=1S/C15H25N3O2S2.2ClH/c1-4-20-11(2)15-17-13(10-22-15)8-18(3)14(19)7-12-9-21-6-5-16-12;;/h10-12,16H,4-9H2,1-3H3;2*1H. The van der Waals surface area contributed by atoms with Gasteiger partial charge in [-0.1, -0.05) is 0 Å². The van der Waals surface area contributed by atoms with Crippen LogP contribution in [0.2, 0.25) is 0 Å². The van der Waals surface area contributed by atoms with Gasteiger partial charge < -0.3 is 15.0 Å². The van der Waals surface area contributed by atoms with Crippen molar-refractivity contribution in [3.63, 3.8) is 0 Å². The number of ether oxygens (including phenoxy) is 1. The van der Waals surface area contributed by atoms with Gasteiger partial charge in [-0.2, -0.15) is 11.8 Å². The maximum Gasteiger partial charge on any atom is 0.224 e. The second kappa shape index (κ2) is 12.3. The lowest BCUT2D eigenvalue weighted by Gasteiger charge is -2.25. The first kappa shape index (κ1) is 23.9. The van der Waals surface area contributed by atoms with E-state index in [1.54, 1.807) is 16.2 Å². The van der Waals surface area contributed by atoms with Gasteiger partial charge in [-0.15, -0.1) is 36.2 Å². The second-order valence-electron chi connectivity index (χ2n) is 5.45. The molecule has 24 heavy (non-hydrogen) atoms. The van der Waals surface area contributed by atoms with Crippen LogP contribution in [0.4, 0.5) is 0 Å². The Morgan fingerprint density at radius 3 is 2.92 bits per heavy atom. The molecule has 2 unspecified atom stereocenters. The number of amides is 1. The minimum Gasteiger partial charge on any atom is -0.372 e. The van der Waals surface area contributed by atoms with Gasteiger partial charge in [-0.05, 0) is 13.8 Å². The number of carbonyl (C=O) groups is 1. The molecule has 1 aliphatic rings. The van der Waals surface area contributed by atoms with Gasteiger partial charge in [0.05, 0.1) is 12.2 Å². The summed E-state index contributed by atoms with van der Waals surface area (Å²) in [5, 5.41) is 6.40. The molecule has 0 saturated carbocycles. The van der Waals surface area contributed by atoms with Crippen molar-refractivity contribution in [2.45, 2.75) is 39.0 Å². The Morgan fingerprint density at radius 2 is 2.29 bits per heavy atom. The highest BCUT2D eigenvalue weighted by atomic mass is 35.5. The van der Waals surface area contributed by atoms with Crippen molar-refractivity contribution < 1.29 is 9.53 Å². The number of thiazole rings is 1. The lowest BCUT2D eigenvalue weighted by atomic mass is 10.2. The molecule has 2 rings (SSSR count). The summed E-state index contributed by atoms with van der Waals surface area (Å²) in [7, 11) is 1.85. The quantitative estimate of drug-likeness (QED) is 0.740. The molecule has 0 bridgehead atoms. The molecule has 1 aromatic heterocycles. The van der Waals surface area contributed by atoms with Gasteiger partial charge in [0.2, 0.25) is 5.91 Å². The summed E-state index contributed by atoms with van der Waals surface area (Å²) in [5.41, 5.74) is 0.938. The number of rotatable bonds is 7. The van der Waals surface area contributed by atoms with Crippen molar-refractivity contribution in [1.29, 1.82) is 0 Å². The summed E-state index contributed by atoms with van der Waals surface area (Å²) in [5.74, 6) is 2.33. The molecule has 0 radical (unpaired) electrons. The molecule has 1 aliphatic heterocycles.